The number of halogens is 1. The molecule has 1 fully saturated rings. The molecular formula is C14H17ClN2O2. The summed E-state index contributed by atoms with van der Waals surface area (Å²) in [7, 11) is 0. The minimum atomic E-state index is -0.212. The van der Waals surface area contributed by atoms with Crippen molar-refractivity contribution in [3.8, 4) is 0 Å². The molecule has 102 valence electrons. The molecule has 0 aliphatic carbocycles. The van der Waals surface area contributed by atoms with Gasteiger partial charge in [-0.3, -0.25) is 0 Å². The number of benzene rings is 1. The fourth-order valence-electron chi connectivity index (χ4n) is 2.99. The van der Waals surface area contributed by atoms with E-state index in [-0.39, 0.29) is 6.09 Å². The molecule has 1 aromatic rings. The summed E-state index contributed by atoms with van der Waals surface area (Å²) in [5, 5.41) is 4.26. The number of ether oxygens (including phenoxy) is 1. The van der Waals surface area contributed by atoms with Crippen LogP contribution >= 0.6 is 11.6 Å². The highest BCUT2D eigenvalue weighted by molar-refractivity contribution is 6.30. The predicted octanol–water partition coefficient (Wildman–Crippen LogP) is 3.08. The molecular weight excluding hydrogens is 264 g/mol. The number of rotatable bonds is 1. The van der Waals surface area contributed by atoms with Crippen molar-refractivity contribution in [2.24, 2.45) is 0 Å². The Morgan fingerprint density at radius 2 is 2.42 bits per heavy atom. The van der Waals surface area contributed by atoms with Crippen LogP contribution in [0, 0.1) is 0 Å². The maximum atomic E-state index is 11.8. The van der Waals surface area contributed by atoms with Gasteiger partial charge in [-0.15, -0.1) is 0 Å². The van der Waals surface area contributed by atoms with E-state index < -0.39 is 0 Å². The Kier molecular flexibility index (Phi) is 3.27. The Balaban J connectivity index is 1.80. The normalized spacial score (nSPS) is 24.4. The van der Waals surface area contributed by atoms with Crippen molar-refractivity contribution in [1.29, 1.82) is 0 Å². The van der Waals surface area contributed by atoms with Crippen LogP contribution in [0.1, 0.15) is 24.8 Å². The first-order chi connectivity index (χ1) is 9.19. The van der Waals surface area contributed by atoms with Gasteiger partial charge in [-0.25, -0.2) is 4.79 Å². The van der Waals surface area contributed by atoms with Gasteiger partial charge in [0, 0.05) is 35.8 Å². The van der Waals surface area contributed by atoms with E-state index in [1.54, 1.807) is 4.90 Å². The predicted molar refractivity (Wildman–Crippen MR) is 74.8 cm³/mol. The molecule has 2 heterocycles. The van der Waals surface area contributed by atoms with Gasteiger partial charge >= 0.3 is 6.09 Å². The van der Waals surface area contributed by atoms with Crippen LogP contribution in [0.4, 0.5) is 10.5 Å². The summed E-state index contributed by atoms with van der Waals surface area (Å²) in [6, 6.07) is 6.32. The third kappa shape index (κ3) is 2.25. The van der Waals surface area contributed by atoms with Gasteiger partial charge in [0.25, 0.3) is 0 Å². The molecule has 19 heavy (non-hydrogen) atoms. The van der Waals surface area contributed by atoms with E-state index in [2.05, 4.69) is 5.32 Å². The van der Waals surface area contributed by atoms with Crippen LogP contribution in [0.2, 0.25) is 5.02 Å². The number of nitrogens with zero attached hydrogens (tertiary/aromatic N) is 1. The number of hydrogen-bond acceptors (Lipinski definition) is 3. The summed E-state index contributed by atoms with van der Waals surface area (Å²) < 4.78 is 5.08. The zero-order chi connectivity index (χ0) is 13.4. The summed E-state index contributed by atoms with van der Waals surface area (Å²) in [6.45, 7) is 3.69. The van der Waals surface area contributed by atoms with Crippen molar-refractivity contribution in [3.05, 3.63) is 28.8 Å². The van der Waals surface area contributed by atoms with Gasteiger partial charge in [0.15, 0.2) is 0 Å². The first-order valence-electron chi connectivity index (χ1n) is 6.66. The molecule has 4 nitrogen and oxygen atoms in total. The van der Waals surface area contributed by atoms with E-state index in [0.29, 0.717) is 25.1 Å². The summed E-state index contributed by atoms with van der Waals surface area (Å²) in [5.41, 5.74) is 2.36. The van der Waals surface area contributed by atoms with E-state index in [9.17, 15) is 4.79 Å². The van der Waals surface area contributed by atoms with Crippen molar-refractivity contribution in [3.63, 3.8) is 0 Å². The first kappa shape index (κ1) is 12.6. The van der Waals surface area contributed by atoms with Crippen LogP contribution < -0.4 is 5.32 Å². The topological polar surface area (TPSA) is 41.6 Å². The molecule has 2 atom stereocenters. The molecule has 1 aromatic carbocycles. The minimum Gasteiger partial charge on any atom is -0.450 e. The van der Waals surface area contributed by atoms with Crippen LogP contribution in [-0.2, 0) is 4.74 Å². The number of likely N-dealkylation sites (tertiary alicyclic amines) is 1. The largest absolute Gasteiger partial charge is 0.450 e. The van der Waals surface area contributed by atoms with Crippen LogP contribution in [0.5, 0.6) is 0 Å². The zero-order valence-corrected chi connectivity index (χ0v) is 11.6. The van der Waals surface area contributed by atoms with Gasteiger partial charge in [0.2, 0.25) is 0 Å². The van der Waals surface area contributed by atoms with Gasteiger partial charge in [0.05, 0.1) is 6.61 Å². The Morgan fingerprint density at radius 1 is 1.58 bits per heavy atom. The van der Waals surface area contributed by atoms with Gasteiger partial charge < -0.3 is 15.0 Å². The maximum absolute atomic E-state index is 11.8. The van der Waals surface area contributed by atoms with E-state index in [4.69, 9.17) is 16.3 Å². The highest BCUT2D eigenvalue weighted by Gasteiger charge is 2.38. The molecule has 3 rings (SSSR count). The second-order valence-electron chi connectivity index (χ2n) is 5.02. The van der Waals surface area contributed by atoms with Gasteiger partial charge in [-0.2, -0.15) is 0 Å². The number of carbonyl (C=O) groups is 1. The van der Waals surface area contributed by atoms with Crippen LogP contribution in [0.25, 0.3) is 0 Å². The number of nitrogens with one attached hydrogen (secondary N) is 1. The van der Waals surface area contributed by atoms with Crippen molar-refractivity contribution in [2.75, 3.05) is 25.0 Å². The molecule has 0 aromatic heterocycles. The summed E-state index contributed by atoms with van der Waals surface area (Å²) in [6.07, 6.45) is 0.729. The number of hydrogen-bond donors (Lipinski definition) is 1. The number of amides is 1. The molecule has 0 radical (unpaired) electrons. The lowest BCUT2D eigenvalue weighted by Gasteiger charge is -2.34. The molecule has 5 heteroatoms. The molecule has 1 saturated heterocycles. The van der Waals surface area contributed by atoms with Gasteiger partial charge in [0.1, 0.15) is 0 Å². The second-order valence-corrected chi connectivity index (χ2v) is 5.46. The maximum Gasteiger partial charge on any atom is 0.409 e. The second kappa shape index (κ2) is 4.93. The van der Waals surface area contributed by atoms with Crippen molar-refractivity contribution < 1.29 is 9.53 Å². The molecule has 2 unspecified atom stereocenters. The average Bonchev–Trinajstić information content (AvgIpc) is 2.76. The van der Waals surface area contributed by atoms with Crippen molar-refractivity contribution in [1.82, 2.24) is 4.90 Å². The summed E-state index contributed by atoms with van der Waals surface area (Å²) in [5.74, 6) is 0.312. The summed E-state index contributed by atoms with van der Waals surface area (Å²) in [4.78, 5) is 13.6. The number of carbonyl (C=O) groups excluding carboxylic acids is 1. The Hall–Kier alpha value is -1.42. The highest BCUT2D eigenvalue weighted by atomic mass is 35.5. The van der Waals surface area contributed by atoms with Gasteiger partial charge in [-0.1, -0.05) is 11.6 Å². The minimum absolute atomic E-state index is 0.212. The summed E-state index contributed by atoms with van der Waals surface area (Å²) >= 11 is 6.07. The molecule has 1 amide bonds. The molecule has 2 aliphatic heterocycles. The molecule has 0 spiro atoms. The van der Waals surface area contributed by atoms with E-state index in [1.165, 1.54) is 5.56 Å². The zero-order valence-electron chi connectivity index (χ0n) is 10.9. The lowest BCUT2D eigenvalue weighted by Crippen LogP contribution is -2.45. The monoisotopic (exact) mass is 280 g/mol. The molecule has 0 saturated carbocycles. The number of fused-ring (bicyclic) bond motifs is 3. The number of piperidine rings is 1. The third-order valence-electron chi connectivity index (χ3n) is 3.89. The molecule has 0 bridgehead atoms. The van der Waals surface area contributed by atoms with E-state index in [0.717, 1.165) is 23.7 Å². The lowest BCUT2D eigenvalue weighted by atomic mass is 9.89. The van der Waals surface area contributed by atoms with Crippen molar-refractivity contribution in [2.45, 2.75) is 25.3 Å². The van der Waals surface area contributed by atoms with Crippen molar-refractivity contribution >= 4 is 23.4 Å². The Labute approximate surface area is 117 Å². The smallest absolute Gasteiger partial charge is 0.409 e. The number of anilines is 1. The first-order valence-corrected chi connectivity index (χ1v) is 7.04. The average molecular weight is 281 g/mol. The van der Waals surface area contributed by atoms with E-state index in [1.807, 2.05) is 25.1 Å². The van der Waals surface area contributed by atoms with Crippen LogP contribution in [-0.4, -0.2) is 36.7 Å². The third-order valence-corrected chi connectivity index (χ3v) is 4.13. The van der Waals surface area contributed by atoms with Gasteiger partial charge in [-0.05, 0) is 37.1 Å². The lowest BCUT2D eigenvalue weighted by molar-refractivity contribution is 0.0949. The quantitative estimate of drug-likeness (QED) is 0.859. The molecule has 1 N–H and O–H groups in total. The van der Waals surface area contributed by atoms with E-state index >= 15 is 0 Å². The Bertz CT molecular complexity index is 506. The standard InChI is InChI=1S/C14H17ClN2O2/c1-2-19-14(18)17-6-5-13-11(8-17)10-7-9(15)3-4-12(10)16-13/h3-4,7,11,13,16H,2,5-6,8H2,1H3. The highest BCUT2D eigenvalue weighted by Crippen LogP contribution is 2.41. The fourth-order valence-corrected chi connectivity index (χ4v) is 3.17. The Morgan fingerprint density at radius 3 is 3.21 bits per heavy atom. The SMILES string of the molecule is CCOC(=O)N1CCC2Nc3ccc(Cl)cc3C2C1. The van der Waals surface area contributed by atoms with Crippen LogP contribution in [0.15, 0.2) is 18.2 Å². The molecule has 2 aliphatic rings. The van der Waals surface area contributed by atoms with Crippen LogP contribution in [0.3, 0.4) is 0 Å². The fraction of sp³-hybridized carbons (Fsp3) is 0.500.